The van der Waals surface area contributed by atoms with Gasteiger partial charge in [-0.25, -0.2) is 4.79 Å². The van der Waals surface area contributed by atoms with E-state index in [0.717, 1.165) is 19.3 Å². The van der Waals surface area contributed by atoms with E-state index in [2.05, 4.69) is 4.74 Å². The average molecular weight is 195 g/mol. The lowest BCUT2D eigenvalue weighted by atomic mass is 10.1. The molecule has 2 atom stereocenters. The Morgan fingerprint density at radius 2 is 2.36 bits per heavy atom. The van der Waals surface area contributed by atoms with E-state index in [4.69, 9.17) is 0 Å². The monoisotopic (exact) mass is 195 g/mol. The van der Waals surface area contributed by atoms with Crippen molar-refractivity contribution in [2.45, 2.75) is 31.3 Å². The molecule has 2 rings (SSSR count). The molecule has 0 saturated carbocycles. The van der Waals surface area contributed by atoms with Gasteiger partial charge in [-0.1, -0.05) is 6.08 Å². The molecule has 0 N–H and O–H groups in total. The van der Waals surface area contributed by atoms with Crippen LogP contribution in [0.25, 0.3) is 0 Å². The van der Waals surface area contributed by atoms with Crippen LogP contribution in [-0.2, 0) is 14.3 Å². The van der Waals surface area contributed by atoms with E-state index < -0.39 is 0 Å². The van der Waals surface area contributed by atoms with Gasteiger partial charge in [0.25, 0.3) is 0 Å². The van der Waals surface area contributed by atoms with Crippen molar-refractivity contribution >= 4 is 11.9 Å². The number of ether oxygens (including phenoxy) is 1. The second-order valence-electron chi connectivity index (χ2n) is 3.65. The first-order valence-corrected chi connectivity index (χ1v) is 4.80. The number of nitrogens with zero attached hydrogens (tertiary/aromatic N) is 1. The predicted molar refractivity (Wildman–Crippen MR) is 49.4 cm³/mol. The maximum atomic E-state index is 11.5. The Balaban J connectivity index is 2.19. The SMILES string of the molecule is COC(=O)[C@@H]1CCC2CC=CC(=O)N21. The topological polar surface area (TPSA) is 46.6 Å². The molecular formula is C10H13NO3. The first-order chi connectivity index (χ1) is 6.74. The van der Waals surface area contributed by atoms with E-state index in [9.17, 15) is 9.59 Å². The van der Waals surface area contributed by atoms with E-state index in [1.807, 2.05) is 6.08 Å². The summed E-state index contributed by atoms with van der Waals surface area (Å²) in [5.41, 5.74) is 0. The summed E-state index contributed by atoms with van der Waals surface area (Å²) in [6, 6.07) is -0.154. The van der Waals surface area contributed by atoms with Crippen molar-refractivity contribution in [3.8, 4) is 0 Å². The van der Waals surface area contributed by atoms with Gasteiger partial charge >= 0.3 is 5.97 Å². The molecule has 4 nitrogen and oxygen atoms in total. The normalized spacial score (nSPS) is 30.4. The molecule has 2 aliphatic heterocycles. The van der Waals surface area contributed by atoms with Gasteiger partial charge in [-0.2, -0.15) is 0 Å². The van der Waals surface area contributed by atoms with Gasteiger partial charge in [0.2, 0.25) is 5.91 Å². The largest absolute Gasteiger partial charge is 0.467 e. The molecule has 2 aliphatic rings. The van der Waals surface area contributed by atoms with E-state index in [1.165, 1.54) is 13.2 Å². The molecule has 0 bridgehead atoms. The Hall–Kier alpha value is -1.32. The predicted octanol–water partition coefficient (Wildman–Crippen LogP) is 0.479. The van der Waals surface area contributed by atoms with Crippen LogP contribution in [0.15, 0.2) is 12.2 Å². The molecule has 76 valence electrons. The summed E-state index contributed by atoms with van der Waals surface area (Å²) in [6.45, 7) is 0. The van der Waals surface area contributed by atoms with Crippen LogP contribution in [0.3, 0.4) is 0 Å². The van der Waals surface area contributed by atoms with Gasteiger partial charge in [0.05, 0.1) is 7.11 Å². The number of rotatable bonds is 1. The van der Waals surface area contributed by atoms with E-state index in [0.29, 0.717) is 0 Å². The minimum atomic E-state index is -0.359. The highest BCUT2D eigenvalue weighted by atomic mass is 16.5. The number of carbonyl (C=O) groups excluding carboxylic acids is 2. The van der Waals surface area contributed by atoms with Crippen LogP contribution in [0.4, 0.5) is 0 Å². The van der Waals surface area contributed by atoms with Crippen LogP contribution >= 0.6 is 0 Å². The first-order valence-electron chi connectivity index (χ1n) is 4.80. The van der Waals surface area contributed by atoms with Crippen molar-refractivity contribution in [3.63, 3.8) is 0 Å². The molecule has 1 amide bonds. The van der Waals surface area contributed by atoms with Crippen molar-refractivity contribution < 1.29 is 14.3 Å². The molecular weight excluding hydrogens is 182 g/mol. The molecule has 14 heavy (non-hydrogen) atoms. The van der Waals surface area contributed by atoms with E-state index in [-0.39, 0.29) is 24.0 Å². The van der Waals surface area contributed by atoms with Crippen molar-refractivity contribution in [1.82, 2.24) is 4.90 Å². The summed E-state index contributed by atoms with van der Waals surface area (Å²) >= 11 is 0. The molecule has 0 spiro atoms. The molecule has 2 heterocycles. The van der Waals surface area contributed by atoms with Crippen molar-refractivity contribution in [2.24, 2.45) is 0 Å². The molecule has 1 fully saturated rings. The Morgan fingerprint density at radius 3 is 3.07 bits per heavy atom. The second kappa shape index (κ2) is 3.44. The molecule has 0 aromatic rings. The third-order valence-electron chi connectivity index (χ3n) is 2.90. The van der Waals surface area contributed by atoms with Crippen LogP contribution in [0.2, 0.25) is 0 Å². The summed E-state index contributed by atoms with van der Waals surface area (Å²) in [5.74, 6) is -0.356. The minimum absolute atomic E-state index is 0.0610. The lowest BCUT2D eigenvalue weighted by Gasteiger charge is -2.29. The molecule has 0 aromatic carbocycles. The number of hydrogen-bond acceptors (Lipinski definition) is 3. The van der Waals surface area contributed by atoms with Gasteiger partial charge in [0.1, 0.15) is 6.04 Å². The van der Waals surface area contributed by atoms with Crippen LogP contribution in [0, 0.1) is 0 Å². The smallest absolute Gasteiger partial charge is 0.328 e. The standard InChI is InChI=1S/C10H13NO3/c1-14-10(13)8-6-5-7-3-2-4-9(12)11(7)8/h2,4,7-8H,3,5-6H2,1H3/t7?,8-/m0/s1. The number of fused-ring (bicyclic) bond motifs is 1. The van der Waals surface area contributed by atoms with Crippen molar-refractivity contribution in [1.29, 1.82) is 0 Å². The highest BCUT2D eigenvalue weighted by Crippen LogP contribution is 2.29. The molecule has 0 radical (unpaired) electrons. The highest BCUT2D eigenvalue weighted by molar-refractivity contribution is 5.93. The van der Waals surface area contributed by atoms with Crippen molar-refractivity contribution in [3.05, 3.63) is 12.2 Å². The highest BCUT2D eigenvalue weighted by Gasteiger charge is 2.41. The number of hydrogen-bond donors (Lipinski definition) is 0. The lowest BCUT2D eigenvalue weighted by molar-refractivity contribution is -0.150. The molecule has 0 aliphatic carbocycles. The lowest BCUT2D eigenvalue weighted by Crippen LogP contribution is -2.45. The molecule has 0 aromatic heterocycles. The number of amides is 1. The van der Waals surface area contributed by atoms with Gasteiger partial charge in [0, 0.05) is 6.04 Å². The summed E-state index contributed by atoms with van der Waals surface area (Å²) in [5, 5.41) is 0. The van der Waals surface area contributed by atoms with Crippen molar-refractivity contribution in [2.75, 3.05) is 7.11 Å². The quantitative estimate of drug-likeness (QED) is 0.572. The Morgan fingerprint density at radius 1 is 1.57 bits per heavy atom. The summed E-state index contributed by atoms with van der Waals surface area (Å²) in [6.07, 6.45) is 5.90. The average Bonchev–Trinajstić information content (AvgIpc) is 2.62. The van der Waals surface area contributed by atoms with E-state index >= 15 is 0 Å². The molecule has 1 unspecified atom stereocenters. The zero-order valence-corrected chi connectivity index (χ0v) is 8.10. The van der Waals surface area contributed by atoms with Crippen LogP contribution in [0.1, 0.15) is 19.3 Å². The van der Waals surface area contributed by atoms with Gasteiger partial charge in [-0.3, -0.25) is 4.79 Å². The van der Waals surface area contributed by atoms with Crippen LogP contribution in [-0.4, -0.2) is 36.0 Å². The van der Waals surface area contributed by atoms with E-state index in [1.54, 1.807) is 4.90 Å². The van der Waals surface area contributed by atoms with Crippen LogP contribution in [0.5, 0.6) is 0 Å². The number of methoxy groups -OCH3 is 1. The summed E-state index contributed by atoms with van der Waals surface area (Å²) < 4.78 is 4.67. The van der Waals surface area contributed by atoms with Gasteiger partial charge < -0.3 is 9.64 Å². The van der Waals surface area contributed by atoms with Gasteiger partial charge in [-0.05, 0) is 25.3 Å². The van der Waals surface area contributed by atoms with Crippen LogP contribution < -0.4 is 0 Å². The van der Waals surface area contributed by atoms with Gasteiger partial charge in [0.15, 0.2) is 0 Å². The fourth-order valence-electron chi connectivity index (χ4n) is 2.23. The Labute approximate surface area is 82.5 Å². The second-order valence-corrected chi connectivity index (χ2v) is 3.65. The zero-order chi connectivity index (χ0) is 10.1. The Bertz CT molecular complexity index is 298. The maximum absolute atomic E-state index is 11.5. The minimum Gasteiger partial charge on any atom is -0.467 e. The number of esters is 1. The molecule has 1 saturated heterocycles. The number of carbonyl (C=O) groups is 2. The zero-order valence-electron chi connectivity index (χ0n) is 8.10. The maximum Gasteiger partial charge on any atom is 0.328 e. The first kappa shape index (κ1) is 9.24. The summed E-state index contributed by atoms with van der Waals surface area (Å²) in [4.78, 5) is 24.6. The van der Waals surface area contributed by atoms with Gasteiger partial charge in [-0.15, -0.1) is 0 Å². The molecule has 4 heteroatoms. The third kappa shape index (κ3) is 1.31. The Kier molecular flexibility index (Phi) is 2.27. The fraction of sp³-hybridized carbons (Fsp3) is 0.600. The third-order valence-corrected chi connectivity index (χ3v) is 2.90. The fourth-order valence-corrected chi connectivity index (χ4v) is 2.23. The summed E-state index contributed by atoms with van der Waals surface area (Å²) in [7, 11) is 1.36.